The molecular formula is C17H21N3O. The number of carbonyl (C=O) groups excluding carboxylic acids is 1. The van der Waals surface area contributed by atoms with Crippen LogP contribution in [0.2, 0.25) is 0 Å². The summed E-state index contributed by atoms with van der Waals surface area (Å²) in [4.78, 5) is 18.7. The Morgan fingerprint density at radius 3 is 3.05 bits per heavy atom. The molecule has 0 aliphatic carbocycles. The van der Waals surface area contributed by atoms with Crippen molar-refractivity contribution in [3.05, 3.63) is 53.1 Å². The van der Waals surface area contributed by atoms with E-state index in [9.17, 15) is 4.79 Å². The average Bonchev–Trinajstić information content (AvgIpc) is 2.86. The third kappa shape index (κ3) is 2.99. The summed E-state index contributed by atoms with van der Waals surface area (Å²) in [5.74, 6) is 0.239. The van der Waals surface area contributed by atoms with Crippen LogP contribution < -0.4 is 0 Å². The molecule has 4 nitrogen and oxygen atoms in total. The van der Waals surface area contributed by atoms with E-state index in [2.05, 4.69) is 36.2 Å². The molecule has 110 valence electrons. The zero-order chi connectivity index (χ0) is 14.8. The summed E-state index contributed by atoms with van der Waals surface area (Å²) in [6.07, 6.45) is 4.10. The van der Waals surface area contributed by atoms with Gasteiger partial charge in [0.25, 0.3) is 0 Å². The summed E-state index contributed by atoms with van der Waals surface area (Å²) < 4.78 is 2.02. The second kappa shape index (κ2) is 5.72. The molecule has 2 aromatic rings. The highest BCUT2D eigenvalue weighted by atomic mass is 16.2. The van der Waals surface area contributed by atoms with E-state index in [4.69, 9.17) is 0 Å². The Hall–Kier alpha value is -2.10. The summed E-state index contributed by atoms with van der Waals surface area (Å²) in [6.45, 7) is 3.56. The Kier molecular flexibility index (Phi) is 3.78. The number of benzene rings is 1. The standard InChI is InChI=1S/C17H21N3O/c1-13-4-3-5-14(10-13)6-7-17(21)20-9-8-15-16(11-20)19(2)12-18-15/h3-5,10,12H,6-9,11H2,1-2H3. The second-order valence-electron chi connectivity index (χ2n) is 5.80. The monoisotopic (exact) mass is 283 g/mol. The highest BCUT2D eigenvalue weighted by Crippen LogP contribution is 2.18. The quantitative estimate of drug-likeness (QED) is 0.866. The van der Waals surface area contributed by atoms with Crippen LogP contribution in [0, 0.1) is 6.92 Å². The highest BCUT2D eigenvalue weighted by Gasteiger charge is 2.23. The van der Waals surface area contributed by atoms with Crippen LogP contribution >= 0.6 is 0 Å². The number of aryl methyl sites for hydroxylation is 3. The number of rotatable bonds is 3. The molecule has 0 bridgehead atoms. The van der Waals surface area contributed by atoms with Gasteiger partial charge in [-0.05, 0) is 18.9 Å². The number of hydrogen-bond donors (Lipinski definition) is 0. The number of aromatic nitrogens is 2. The van der Waals surface area contributed by atoms with Crippen LogP contribution in [0.1, 0.15) is 28.9 Å². The minimum absolute atomic E-state index is 0.239. The van der Waals surface area contributed by atoms with Gasteiger partial charge in [0.15, 0.2) is 0 Å². The van der Waals surface area contributed by atoms with E-state index in [-0.39, 0.29) is 5.91 Å². The molecule has 0 saturated heterocycles. The summed E-state index contributed by atoms with van der Waals surface area (Å²) in [5.41, 5.74) is 4.80. The van der Waals surface area contributed by atoms with Crippen molar-refractivity contribution in [2.24, 2.45) is 7.05 Å². The normalized spacial score (nSPS) is 14.1. The predicted octanol–water partition coefficient (Wildman–Crippen LogP) is 2.25. The first-order valence-electron chi connectivity index (χ1n) is 7.46. The van der Waals surface area contributed by atoms with Crippen LogP contribution in [0.5, 0.6) is 0 Å². The fraction of sp³-hybridized carbons (Fsp3) is 0.412. The topological polar surface area (TPSA) is 38.1 Å². The number of imidazole rings is 1. The van der Waals surface area contributed by atoms with E-state index in [0.29, 0.717) is 13.0 Å². The van der Waals surface area contributed by atoms with Crippen LogP contribution in [-0.4, -0.2) is 26.9 Å². The largest absolute Gasteiger partial charge is 0.336 e. The maximum absolute atomic E-state index is 12.4. The van der Waals surface area contributed by atoms with E-state index in [1.807, 2.05) is 22.8 Å². The van der Waals surface area contributed by atoms with Gasteiger partial charge in [0, 0.05) is 26.4 Å². The lowest BCUT2D eigenvalue weighted by molar-refractivity contribution is -0.132. The van der Waals surface area contributed by atoms with Gasteiger partial charge in [-0.2, -0.15) is 0 Å². The van der Waals surface area contributed by atoms with Gasteiger partial charge in [-0.15, -0.1) is 0 Å². The van der Waals surface area contributed by atoms with E-state index in [0.717, 1.165) is 25.1 Å². The molecule has 1 aromatic carbocycles. The first-order valence-corrected chi connectivity index (χ1v) is 7.46. The molecule has 0 unspecified atom stereocenters. The lowest BCUT2D eigenvalue weighted by Crippen LogP contribution is -2.36. The Morgan fingerprint density at radius 1 is 1.38 bits per heavy atom. The van der Waals surface area contributed by atoms with Gasteiger partial charge in [0.2, 0.25) is 5.91 Å². The maximum Gasteiger partial charge on any atom is 0.223 e. The Morgan fingerprint density at radius 2 is 2.24 bits per heavy atom. The van der Waals surface area contributed by atoms with Gasteiger partial charge in [-0.1, -0.05) is 29.8 Å². The fourth-order valence-electron chi connectivity index (χ4n) is 2.91. The SMILES string of the molecule is Cc1cccc(CCC(=O)N2CCc3ncn(C)c3C2)c1. The molecule has 0 spiro atoms. The molecule has 3 rings (SSSR count). The Labute approximate surface area is 125 Å². The lowest BCUT2D eigenvalue weighted by atomic mass is 10.1. The van der Waals surface area contributed by atoms with Crippen molar-refractivity contribution in [3.63, 3.8) is 0 Å². The molecule has 21 heavy (non-hydrogen) atoms. The molecule has 2 heterocycles. The van der Waals surface area contributed by atoms with E-state index in [1.165, 1.54) is 16.8 Å². The van der Waals surface area contributed by atoms with E-state index >= 15 is 0 Å². The Balaban J connectivity index is 1.61. The van der Waals surface area contributed by atoms with Crippen LogP contribution in [0.25, 0.3) is 0 Å². The fourth-order valence-corrected chi connectivity index (χ4v) is 2.91. The molecule has 1 amide bonds. The van der Waals surface area contributed by atoms with Gasteiger partial charge in [0.1, 0.15) is 0 Å². The molecule has 1 aromatic heterocycles. The van der Waals surface area contributed by atoms with Crippen molar-refractivity contribution in [2.45, 2.75) is 32.7 Å². The molecule has 0 fully saturated rings. The molecule has 0 radical (unpaired) electrons. The number of fused-ring (bicyclic) bond motifs is 1. The van der Waals surface area contributed by atoms with Gasteiger partial charge < -0.3 is 9.47 Å². The zero-order valence-corrected chi connectivity index (χ0v) is 12.7. The Bertz CT molecular complexity index is 660. The molecular weight excluding hydrogens is 262 g/mol. The van der Waals surface area contributed by atoms with Gasteiger partial charge in [0.05, 0.1) is 24.3 Å². The van der Waals surface area contributed by atoms with Gasteiger partial charge in [-0.3, -0.25) is 4.79 Å². The van der Waals surface area contributed by atoms with Crippen LogP contribution in [0.3, 0.4) is 0 Å². The van der Waals surface area contributed by atoms with E-state index < -0.39 is 0 Å². The molecule has 1 aliphatic rings. The number of hydrogen-bond acceptors (Lipinski definition) is 2. The number of carbonyl (C=O) groups is 1. The summed E-state index contributed by atoms with van der Waals surface area (Å²) in [7, 11) is 1.99. The van der Waals surface area contributed by atoms with Crippen molar-refractivity contribution >= 4 is 5.91 Å². The molecule has 0 saturated carbocycles. The second-order valence-corrected chi connectivity index (χ2v) is 5.80. The van der Waals surface area contributed by atoms with Crippen LogP contribution in [0.15, 0.2) is 30.6 Å². The minimum Gasteiger partial charge on any atom is -0.336 e. The zero-order valence-electron chi connectivity index (χ0n) is 12.7. The van der Waals surface area contributed by atoms with Crippen molar-refractivity contribution in [2.75, 3.05) is 6.54 Å². The predicted molar refractivity (Wildman–Crippen MR) is 81.8 cm³/mol. The first kappa shape index (κ1) is 13.9. The molecule has 0 N–H and O–H groups in total. The third-order valence-electron chi connectivity index (χ3n) is 4.17. The summed E-state index contributed by atoms with van der Waals surface area (Å²) >= 11 is 0. The lowest BCUT2D eigenvalue weighted by Gasteiger charge is -2.27. The smallest absolute Gasteiger partial charge is 0.223 e. The molecule has 4 heteroatoms. The molecule has 1 aliphatic heterocycles. The number of nitrogens with zero attached hydrogens (tertiary/aromatic N) is 3. The van der Waals surface area contributed by atoms with Gasteiger partial charge in [-0.25, -0.2) is 4.98 Å². The first-order chi connectivity index (χ1) is 10.1. The van der Waals surface area contributed by atoms with Gasteiger partial charge >= 0.3 is 0 Å². The van der Waals surface area contributed by atoms with Crippen molar-refractivity contribution in [1.82, 2.24) is 14.5 Å². The van der Waals surface area contributed by atoms with Crippen LogP contribution in [-0.2, 0) is 31.2 Å². The molecule has 0 atom stereocenters. The van der Waals surface area contributed by atoms with Crippen LogP contribution in [0.4, 0.5) is 0 Å². The van der Waals surface area contributed by atoms with Crippen molar-refractivity contribution < 1.29 is 4.79 Å². The minimum atomic E-state index is 0.239. The maximum atomic E-state index is 12.4. The average molecular weight is 283 g/mol. The summed E-state index contributed by atoms with van der Waals surface area (Å²) in [6, 6.07) is 8.39. The summed E-state index contributed by atoms with van der Waals surface area (Å²) in [5, 5.41) is 0. The van der Waals surface area contributed by atoms with E-state index in [1.54, 1.807) is 0 Å². The van der Waals surface area contributed by atoms with Crippen molar-refractivity contribution in [3.8, 4) is 0 Å². The number of amides is 1. The third-order valence-corrected chi connectivity index (χ3v) is 4.17. The highest BCUT2D eigenvalue weighted by molar-refractivity contribution is 5.76. The van der Waals surface area contributed by atoms with Crippen molar-refractivity contribution in [1.29, 1.82) is 0 Å².